The quantitative estimate of drug-likeness (QED) is 0.347. The van der Waals surface area contributed by atoms with Crippen LogP contribution < -0.4 is 5.32 Å². The van der Waals surface area contributed by atoms with E-state index in [1.54, 1.807) is 17.4 Å². The van der Waals surface area contributed by atoms with Gasteiger partial charge in [0, 0.05) is 20.6 Å². The molecular formula is C20H14BrN3O3S. The van der Waals surface area contributed by atoms with E-state index in [1.165, 1.54) is 18.5 Å². The number of aromatic carboxylic acids is 1. The predicted octanol–water partition coefficient (Wildman–Crippen LogP) is 5.58. The monoisotopic (exact) mass is 455 g/mol. The average Bonchev–Trinajstić information content (AvgIpc) is 3.00. The molecule has 0 saturated heterocycles. The van der Waals surface area contributed by atoms with Crippen LogP contribution in [-0.2, 0) is 0 Å². The normalized spacial score (nSPS) is 10.9. The van der Waals surface area contributed by atoms with Crippen LogP contribution in [0.5, 0.6) is 5.75 Å². The van der Waals surface area contributed by atoms with Gasteiger partial charge in [-0.15, -0.1) is 11.3 Å². The number of carbonyl (C=O) groups is 1. The fourth-order valence-corrected chi connectivity index (χ4v) is 4.30. The van der Waals surface area contributed by atoms with Crippen LogP contribution in [0.15, 0.2) is 53.3 Å². The molecule has 4 aromatic rings. The molecule has 0 aliphatic carbocycles. The summed E-state index contributed by atoms with van der Waals surface area (Å²) < 4.78 is 0.994. The lowest BCUT2D eigenvalue weighted by Crippen LogP contribution is -2.00. The summed E-state index contributed by atoms with van der Waals surface area (Å²) in [6.45, 7) is 2.04. The molecule has 0 radical (unpaired) electrons. The maximum absolute atomic E-state index is 11.3. The van der Waals surface area contributed by atoms with Crippen molar-refractivity contribution in [3.63, 3.8) is 0 Å². The van der Waals surface area contributed by atoms with E-state index >= 15 is 0 Å². The summed E-state index contributed by atoms with van der Waals surface area (Å²) in [6, 6.07) is 12.3. The summed E-state index contributed by atoms with van der Waals surface area (Å²) in [4.78, 5) is 22.0. The predicted molar refractivity (Wildman–Crippen MR) is 114 cm³/mol. The van der Waals surface area contributed by atoms with Gasteiger partial charge in [0.05, 0.1) is 5.39 Å². The first-order chi connectivity index (χ1) is 13.4. The number of nitrogens with one attached hydrogen (secondary N) is 1. The zero-order valence-electron chi connectivity index (χ0n) is 14.6. The Morgan fingerprint density at radius 1 is 1.14 bits per heavy atom. The molecule has 28 heavy (non-hydrogen) atoms. The number of phenols is 1. The highest BCUT2D eigenvalue weighted by atomic mass is 79.9. The Morgan fingerprint density at radius 3 is 2.61 bits per heavy atom. The van der Waals surface area contributed by atoms with E-state index in [2.05, 4.69) is 31.2 Å². The van der Waals surface area contributed by atoms with E-state index in [9.17, 15) is 15.0 Å². The van der Waals surface area contributed by atoms with Crippen molar-refractivity contribution in [2.45, 2.75) is 6.92 Å². The van der Waals surface area contributed by atoms with Crippen molar-refractivity contribution >= 4 is 55.0 Å². The van der Waals surface area contributed by atoms with Gasteiger partial charge in [-0.3, -0.25) is 0 Å². The van der Waals surface area contributed by atoms with Crippen LogP contribution in [0.25, 0.3) is 21.3 Å². The molecule has 0 atom stereocenters. The lowest BCUT2D eigenvalue weighted by atomic mass is 10.0. The Labute approximate surface area is 172 Å². The SMILES string of the molecule is Cc1sc2ncnc(Nc3ccc(O)c(C(=O)O)c3)c2c1-c1ccc(Br)cc1. The zero-order chi connectivity index (χ0) is 19.8. The molecule has 4 rings (SSSR count). The number of carboxylic acid groups (broad SMARTS) is 1. The number of hydrogen-bond acceptors (Lipinski definition) is 6. The molecule has 2 heterocycles. The van der Waals surface area contributed by atoms with Crippen LogP contribution >= 0.6 is 27.3 Å². The molecule has 0 bridgehead atoms. The summed E-state index contributed by atoms with van der Waals surface area (Å²) in [7, 11) is 0. The highest BCUT2D eigenvalue weighted by Crippen LogP contribution is 2.41. The van der Waals surface area contributed by atoms with Crippen molar-refractivity contribution in [3.05, 3.63) is 63.7 Å². The number of hydrogen-bond donors (Lipinski definition) is 3. The number of rotatable bonds is 4. The minimum Gasteiger partial charge on any atom is -0.507 e. The number of carboxylic acids is 1. The Kier molecular flexibility index (Phi) is 4.74. The van der Waals surface area contributed by atoms with Crippen LogP contribution in [0, 0.1) is 6.92 Å². The summed E-state index contributed by atoms with van der Waals surface area (Å²) in [5.74, 6) is -0.905. The molecule has 0 unspecified atom stereocenters. The van der Waals surface area contributed by atoms with E-state index in [0.717, 1.165) is 30.7 Å². The van der Waals surface area contributed by atoms with Crippen molar-refractivity contribution in [1.29, 1.82) is 0 Å². The second-order valence-electron chi connectivity index (χ2n) is 6.10. The van der Waals surface area contributed by atoms with Gasteiger partial charge in [0.1, 0.15) is 28.3 Å². The number of aromatic hydroxyl groups is 1. The number of aryl methyl sites for hydroxylation is 1. The second kappa shape index (κ2) is 7.21. The molecule has 0 fully saturated rings. The van der Waals surface area contributed by atoms with Gasteiger partial charge in [0.15, 0.2) is 0 Å². The lowest BCUT2D eigenvalue weighted by molar-refractivity contribution is 0.0694. The fraction of sp³-hybridized carbons (Fsp3) is 0.0500. The van der Waals surface area contributed by atoms with Crippen LogP contribution in [0.4, 0.5) is 11.5 Å². The number of thiophene rings is 1. The molecule has 6 nitrogen and oxygen atoms in total. The molecule has 2 aromatic heterocycles. The minimum absolute atomic E-state index is 0.176. The van der Waals surface area contributed by atoms with Crippen molar-refractivity contribution in [1.82, 2.24) is 9.97 Å². The molecule has 0 amide bonds. The van der Waals surface area contributed by atoms with Crippen LogP contribution in [-0.4, -0.2) is 26.2 Å². The maximum Gasteiger partial charge on any atom is 0.339 e. The second-order valence-corrected chi connectivity index (χ2v) is 8.22. The summed E-state index contributed by atoms with van der Waals surface area (Å²) in [6.07, 6.45) is 1.48. The highest BCUT2D eigenvalue weighted by molar-refractivity contribution is 9.10. The van der Waals surface area contributed by atoms with Crippen molar-refractivity contribution in [2.24, 2.45) is 0 Å². The van der Waals surface area contributed by atoms with Crippen LogP contribution in [0.3, 0.4) is 0 Å². The largest absolute Gasteiger partial charge is 0.507 e. The number of benzene rings is 2. The van der Waals surface area contributed by atoms with Gasteiger partial charge in [-0.25, -0.2) is 14.8 Å². The maximum atomic E-state index is 11.3. The average molecular weight is 456 g/mol. The Hall–Kier alpha value is -2.97. The van der Waals surface area contributed by atoms with Gasteiger partial charge in [0.2, 0.25) is 0 Å². The molecular weight excluding hydrogens is 442 g/mol. The van der Waals surface area contributed by atoms with Gasteiger partial charge in [0.25, 0.3) is 0 Å². The van der Waals surface area contributed by atoms with Gasteiger partial charge >= 0.3 is 5.97 Å². The summed E-state index contributed by atoms with van der Waals surface area (Å²) in [5.41, 5.74) is 2.42. The molecule has 0 spiro atoms. The van der Waals surface area contributed by atoms with Crippen LogP contribution in [0.2, 0.25) is 0 Å². The Morgan fingerprint density at radius 2 is 1.89 bits per heavy atom. The Bertz CT molecular complexity index is 1210. The first-order valence-electron chi connectivity index (χ1n) is 8.27. The van der Waals surface area contributed by atoms with Crippen molar-refractivity contribution in [3.8, 4) is 16.9 Å². The molecule has 3 N–H and O–H groups in total. The van der Waals surface area contributed by atoms with Gasteiger partial charge in [-0.1, -0.05) is 28.1 Å². The first kappa shape index (κ1) is 18.4. The van der Waals surface area contributed by atoms with E-state index in [4.69, 9.17) is 0 Å². The van der Waals surface area contributed by atoms with E-state index in [0.29, 0.717) is 11.5 Å². The molecule has 0 saturated carbocycles. The number of halogens is 1. The molecule has 2 aromatic carbocycles. The third kappa shape index (κ3) is 3.32. The molecule has 0 aliphatic heterocycles. The molecule has 8 heteroatoms. The van der Waals surface area contributed by atoms with Crippen molar-refractivity contribution in [2.75, 3.05) is 5.32 Å². The zero-order valence-corrected chi connectivity index (χ0v) is 17.0. The Balaban J connectivity index is 1.85. The molecule has 140 valence electrons. The fourth-order valence-electron chi connectivity index (χ4n) is 3.02. The lowest BCUT2D eigenvalue weighted by Gasteiger charge is -2.10. The van der Waals surface area contributed by atoms with Crippen molar-refractivity contribution < 1.29 is 15.0 Å². The van der Waals surface area contributed by atoms with Gasteiger partial charge < -0.3 is 15.5 Å². The highest BCUT2D eigenvalue weighted by Gasteiger charge is 2.18. The first-order valence-corrected chi connectivity index (χ1v) is 9.88. The third-order valence-electron chi connectivity index (χ3n) is 4.29. The smallest absolute Gasteiger partial charge is 0.339 e. The van der Waals surface area contributed by atoms with E-state index in [1.807, 2.05) is 31.2 Å². The summed E-state index contributed by atoms with van der Waals surface area (Å²) in [5, 5.41) is 23.0. The molecule has 0 aliphatic rings. The summed E-state index contributed by atoms with van der Waals surface area (Å²) >= 11 is 5.03. The number of anilines is 2. The van der Waals surface area contributed by atoms with Gasteiger partial charge in [-0.2, -0.15) is 0 Å². The van der Waals surface area contributed by atoms with E-state index < -0.39 is 5.97 Å². The standard InChI is InChI=1S/C20H14BrN3O3S/c1-10-16(11-2-4-12(21)5-3-11)17-18(22-9-23-19(17)28-10)24-13-6-7-15(25)14(8-13)20(26)27/h2-9,25H,1H3,(H,26,27)(H,22,23,24). The minimum atomic E-state index is -1.20. The number of fused-ring (bicyclic) bond motifs is 1. The number of nitrogens with zero attached hydrogens (tertiary/aromatic N) is 2. The topological polar surface area (TPSA) is 95.3 Å². The third-order valence-corrected chi connectivity index (χ3v) is 5.83. The van der Waals surface area contributed by atoms with Crippen LogP contribution in [0.1, 0.15) is 15.2 Å². The van der Waals surface area contributed by atoms with Gasteiger partial charge in [-0.05, 0) is 42.8 Å². The number of aromatic nitrogens is 2. The van der Waals surface area contributed by atoms with E-state index in [-0.39, 0.29) is 11.3 Å².